The summed E-state index contributed by atoms with van der Waals surface area (Å²) in [6, 6.07) is 8.00. The van der Waals surface area contributed by atoms with Gasteiger partial charge in [0.15, 0.2) is 0 Å². The highest BCUT2D eigenvalue weighted by molar-refractivity contribution is 8.00. The molecule has 1 aliphatic rings. The lowest BCUT2D eigenvalue weighted by Gasteiger charge is -2.37. The molecule has 0 atom stereocenters. The van der Waals surface area contributed by atoms with Gasteiger partial charge in [0.2, 0.25) is 0 Å². The van der Waals surface area contributed by atoms with E-state index in [0.29, 0.717) is 16.1 Å². The quantitative estimate of drug-likeness (QED) is 0.850. The van der Waals surface area contributed by atoms with Crippen LogP contribution in [0.1, 0.15) is 25.0 Å². The van der Waals surface area contributed by atoms with Gasteiger partial charge in [-0.3, -0.25) is 4.90 Å². The maximum atomic E-state index is 8.99. The van der Waals surface area contributed by atoms with Gasteiger partial charge in [-0.25, -0.2) is 0 Å². The van der Waals surface area contributed by atoms with Crippen molar-refractivity contribution in [1.82, 2.24) is 4.90 Å². The second-order valence-electron chi connectivity index (χ2n) is 5.47. The number of thioether (sulfide) groups is 1. The van der Waals surface area contributed by atoms with Crippen molar-refractivity contribution in [3.05, 3.63) is 29.3 Å². The van der Waals surface area contributed by atoms with Gasteiger partial charge in [-0.1, -0.05) is 6.07 Å². The maximum absolute atomic E-state index is 8.99. The highest BCUT2D eigenvalue weighted by atomic mass is 32.2. The van der Waals surface area contributed by atoms with Gasteiger partial charge in [0.05, 0.1) is 12.7 Å². The molecular weight excluding hydrogens is 256 g/mol. The number of benzene rings is 1. The lowest BCUT2D eigenvalue weighted by Crippen LogP contribution is -2.42. The first-order chi connectivity index (χ1) is 9.04. The molecule has 1 aromatic rings. The SMILES string of the molecule is COc1cc(CN2CCSC(C)(C)C2)ccc1C#N. The Kier molecular flexibility index (Phi) is 4.38. The predicted molar refractivity (Wildman–Crippen MR) is 79.5 cm³/mol. The fourth-order valence-corrected chi connectivity index (χ4v) is 3.61. The van der Waals surface area contributed by atoms with Crippen LogP contribution in [0.2, 0.25) is 0 Å². The van der Waals surface area contributed by atoms with E-state index in [2.05, 4.69) is 24.8 Å². The monoisotopic (exact) mass is 276 g/mol. The van der Waals surface area contributed by atoms with Gasteiger partial charge in [-0.05, 0) is 31.5 Å². The second kappa shape index (κ2) is 5.85. The number of ether oxygens (including phenoxy) is 1. The van der Waals surface area contributed by atoms with Gasteiger partial charge >= 0.3 is 0 Å². The van der Waals surface area contributed by atoms with E-state index in [1.165, 1.54) is 11.3 Å². The molecule has 0 N–H and O–H groups in total. The van der Waals surface area contributed by atoms with Gasteiger partial charge in [-0.2, -0.15) is 17.0 Å². The zero-order valence-electron chi connectivity index (χ0n) is 11.8. The van der Waals surface area contributed by atoms with E-state index < -0.39 is 0 Å². The highest BCUT2D eigenvalue weighted by Crippen LogP contribution is 2.30. The molecule has 1 aliphatic heterocycles. The van der Waals surface area contributed by atoms with E-state index in [0.717, 1.165) is 19.6 Å². The van der Waals surface area contributed by atoms with E-state index >= 15 is 0 Å². The Labute approximate surface area is 119 Å². The number of nitriles is 1. The van der Waals surface area contributed by atoms with Gasteiger partial charge in [0.1, 0.15) is 11.8 Å². The molecule has 2 rings (SSSR count). The molecule has 1 heterocycles. The zero-order chi connectivity index (χ0) is 13.9. The predicted octanol–water partition coefficient (Wildman–Crippen LogP) is 2.89. The van der Waals surface area contributed by atoms with Crippen molar-refractivity contribution in [3.63, 3.8) is 0 Å². The summed E-state index contributed by atoms with van der Waals surface area (Å²) in [5.41, 5.74) is 1.80. The summed E-state index contributed by atoms with van der Waals surface area (Å²) < 4.78 is 5.59. The highest BCUT2D eigenvalue weighted by Gasteiger charge is 2.26. The Balaban J connectivity index is 2.09. The molecule has 0 radical (unpaired) electrons. The van der Waals surface area contributed by atoms with Crippen molar-refractivity contribution >= 4 is 11.8 Å². The number of nitrogens with zero attached hydrogens (tertiary/aromatic N) is 2. The Morgan fingerprint density at radius 3 is 2.89 bits per heavy atom. The molecule has 0 aliphatic carbocycles. The topological polar surface area (TPSA) is 36.3 Å². The van der Waals surface area contributed by atoms with Crippen LogP contribution in [0.5, 0.6) is 5.75 Å². The van der Waals surface area contributed by atoms with Crippen LogP contribution in [0, 0.1) is 11.3 Å². The van der Waals surface area contributed by atoms with Crippen LogP contribution in [-0.2, 0) is 6.54 Å². The molecule has 0 aromatic heterocycles. The van der Waals surface area contributed by atoms with Crippen molar-refractivity contribution in [3.8, 4) is 11.8 Å². The zero-order valence-corrected chi connectivity index (χ0v) is 12.6. The van der Waals surface area contributed by atoms with E-state index in [9.17, 15) is 0 Å². The van der Waals surface area contributed by atoms with Gasteiger partial charge in [-0.15, -0.1) is 0 Å². The fourth-order valence-electron chi connectivity index (χ4n) is 2.43. The molecule has 4 heteroatoms. The first-order valence-electron chi connectivity index (χ1n) is 6.47. The summed E-state index contributed by atoms with van der Waals surface area (Å²) in [5.74, 6) is 1.85. The minimum Gasteiger partial charge on any atom is -0.495 e. The maximum Gasteiger partial charge on any atom is 0.136 e. The molecule has 1 saturated heterocycles. The first-order valence-corrected chi connectivity index (χ1v) is 7.46. The van der Waals surface area contributed by atoms with E-state index in [4.69, 9.17) is 10.00 Å². The van der Waals surface area contributed by atoms with Crippen LogP contribution in [0.3, 0.4) is 0 Å². The van der Waals surface area contributed by atoms with Crippen molar-refractivity contribution in [2.75, 3.05) is 26.0 Å². The molecule has 0 amide bonds. The van der Waals surface area contributed by atoms with Crippen LogP contribution in [-0.4, -0.2) is 35.6 Å². The number of methoxy groups -OCH3 is 1. The summed E-state index contributed by atoms with van der Waals surface area (Å²) in [6.45, 7) is 7.73. The molecule has 0 bridgehead atoms. The fraction of sp³-hybridized carbons (Fsp3) is 0.533. The van der Waals surface area contributed by atoms with Crippen LogP contribution in [0.4, 0.5) is 0 Å². The normalized spacial score (nSPS) is 18.8. The molecule has 1 aromatic carbocycles. The average molecular weight is 276 g/mol. The minimum atomic E-state index is 0.328. The van der Waals surface area contributed by atoms with Crippen molar-refractivity contribution in [2.24, 2.45) is 0 Å². The lowest BCUT2D eigenvalue weighted by molar-refractivity contribution is 0.252. The van der Waals surface area contributed by atoms with Gasteiger partial charge in [0, 0.05) is 30.1 Å². The van der Waals surface area contributed by atoms with Crippen molar-refractivity contribution < 1.29 is 4.74 Å². The Bertz CT molecular complexity index is 493. The lowest BCUT2D eigenvalue weighted by atomic mass is 10.1. The summed E-state index contributed by atoms with van der Waals surface area (Å²) in [6.07, 6.45) is 0. The smallest absolute Gasteiger partial charge is 0.136 e. The van der Waals surface area contributed by atoms with Gasteiger partial charge < -0.3 is 4.74 Å². The standard InChI is InChI=1S/C15H20N2OS/c1-15(2)11-17(6-7-19-15)10-12-4-5-13(9-16)14(8-12)18-3/h4-5,8H,6-7,10-11H2,1-3H3. The third kappa shape index (κ3) is 3.65. The molecule has 19 heavy (non-hydrogen) atoms. The van der Waals surface area contributed by atoms with E-state index in [1.54, 1.807) is 7.11 Å². The summed E-state index contributed by atoms with van der Waals surface area (Å²) in [5, 5.41) is 8.99. The Morgan fingerprint density at radius 2 is 2.26 bits per heavy atom. The second-order valence-corrected chi connectivity index (χ2v) is 7.27. The van der Waals surface area contributed by atoms with Crippen LogP contribution in [0.15, 0.2) is 18.2 Å². The Morgan fingerprint density at radius 1 is 1.47 bits per heavy atom. The molecule has 0 spiro atoms. The summed E-state index contributed by atoms with van der Waals surface area (Å²) >= 11 is 2.04. The van der Waals surface area contributed by atoms with E-state index in [-0.39, 0.29) is 0 Å². The molecule has 3 nitrogen and oxygen atoms in total. The van der Waals surface area contributed by atoms with Crippen LogP contribution < -0.4 is 4.74 Å². The molecular formula is C15H20N2OS. The largest absolute Gasteiger partial charge is 0.495 e. The number of hydrogen-bond donors (Lipinski definition) is 0. The van der Waals surface area contributed by atoms with Crippen LogP contribution >= 0.6 is 11.8 Å². The third-order valence-corrected chi connectivity index (χ3v) is 4.59. The van der Waals surface area contributed by atoms with Crippen LogP contribution in [0.25, 0.3) is 0 Å². The third-order valence-electron chi connectivity index (χ3n) is 3.30. The van der Waals surface area contributed by atoms with Crippen molar-refractivity contribution in [1.29, 1.82) is 5.26 Å². The summed E-state index contributed by atoms with van der Waals surface area (Å²) in [7, 11) is 1.61. The Hall–Kier alpha value is -1.18. The van der Waals surface area contributed by atoms with Crippen molar-refractivity contribution in [2.45, 2.75) is 25.1 Å². The number of rotatable bonds is 3. The average Bonchev–Trinajstić information content (AvgIpc) is 2.37. The summed E-state index contributed by atoms with van der Waals surface area (Å²) in [4.78, 5) is 2.47. The molecule has 0 unspecified atom stereocenters. The van der Waals surface area contributed by atoms with Gasteiger partial charge in [0.25, 0.3) is 0 Å². The van der Waals surface area contributed by atoms with E-state index in [1.807, 2.05) is 30.0 Å². The molecule has 1 fully saturated rings. The molecule has 102 valence electrons. The first kappa shape index (κ1) is 14.2. The minimum absolute atomic E-state index is 0.328. The number of hydrogen-bond acceptors (Lipinski definition) is 4. The molecule has 0 saturated carbocycles.